The summed E-state index contributed by atoms with van der Waals surface area (Å²) in [6.45, 7) is 3.69. The molecule has 138 valence electrons. The highest BCUT2D eigenvalue weighted by Crippen LogP contribution is 2.30. The summed E-state index contributed by atoms with van der Waals surface area (Å²) in [5.41, 5.74) is 6.46. The normalized spacial score (nSPS) is 19.5. The number of rotatable bonds is 3. The molecule has 0 radical (unpaired) electrons. The van der Waals surface area contributed by atoms with Gasteiger partial charge in [-0.1, -0.05) is 25.0 Å². The highest BCUT2D eigenvalue weighted by Gasteiger charge is 2.26. The average molecular weight is 353 g/mol. The van der Waals surface area contributed by atoms with Crippen LogP contribution in [0.25, 0.3) is 10.9 Å². The van der Waals surface area contributed by atoms with Crippen LogP contribution in [0.3, 0.4) is 0 Å². The number of para-hydroxylation sites is 1. The number of fused-ring (bicyclic) bond motifs is 1. The zero-order chi connectivity index (χ0) is 17.9. The Bertz CT molecular complexity index is 777. The lowest BCUT2D eigenvalue weighted by molar-refractivity contribution is -0.122. The smallest absolute Gasteiger partial charge is 0.227 e. The summed E-state index contributed by atoms with van der Waals surface area (Å²) < 4.78 is 0. The van der Waals surface area contributed by atoms with Gasteiger partial charge in [0, 0.05) is 37.5 Å². The van der Waals surface area contributed by atoms with Crippen molar-refractivity contribution in [2.75, 3.05) is 36.0 Å². The summed E-state index contributed by atoms with van der Waals surface area (Å²) in [7, 11) is 0. The first kappa shape index (κ1) is 17.1. The minimum atomic E-state index is -0.186. The van der Waals surface area contributed by atoms with Gasteiger partial charge in [0.15, 0.2) is 0 Å². The molecule has 0 spiro atoms. The monoisotopic (exact) mass is 353 g/mol. The SMILES string of the molecule is NC(=O)C1CCN(c2nc(N3CCCCCC3)c3ccccc3n2)CC1. The van der Waals surface area contributed by atoms with Gasteiger partial charge in [-0.2, -0.15) is 4.98 Å². The standard InChI is InChI=1S/C20H27N5O/c21-18(26)15-9-13-25(14-10-15)20-22-17-8-4-3-7-16(17)19(23-20)24-11-5-1-2-6-12-24/h3-4,7-8,15H,1-2,5-6,9-14H2,(H2,21,26). The van der Waals surface area contributed by atoms with E-state index in [1.807, 2.05) is 6.07 Å². The van der Waals surface area contributed by atoms with Gasteiger partial charge < -0.3 is 15.5 Å². The molecule has 0 bridgehead atoms. The highest BCUT2D eigenvalue weighted by atomic mass is 16.1. The number of nitrogens with zero attached hydrogens (tertiary/aromatic N) is 4. The summed E-state index contributed by atoms with van der Waals surface area (Å²) in [4.78, 5) is 25.9. The molecule has 2 aromatic rings. The minimum absolute atomic E-state index is 0.0169. The molecule has 26 heavy (non-hydrogen) atoms. The Labute approximate surface area is 154 Å². The highest BCUT2D eigenvalue weighted by molar-refractivity contribution is 5.90. The fourth-order valence-electron chi connectivity index (χ4n) is 4.08. The van der Waals surface area contributed by atoms with E-state index in [4.69, 9.17) is 15.7 Å². The van der Waals surface area contributed by atoms with Gasteiger partial charge in [-0.25, -0.2) is 4.98 Å². The molecule has 2 fully saturated rings. The molecule has 0 atom stereocenters. The van der Waals surface area contributed by atoms with E-state index in [0.717, 1.165) is 61.7 Å². The number of hydrogen-bond acceptors (Lipinski definition) is 5. The Hall–Kier alpha value is -2.37. The Balaban J connectivity index is 1.66. The van der Waals surface area contributed by atoms with Crippen LogP contribution < -0.4 is 15.5 Å². The number of carbonyl (C=O) groups is 1. The second-order valence-corrected chi connectivity index (χ2v) is 7.43. The van der Waals surface area contributed by atoms with E-state index in [1.54, 1.807) is 0 Å². The summed E-state index contributed by atoms with van der Waals surface area (Å²) in [6, 6.07) is 8.28. The molecular formula is C20H27N5O. The number of anilines is 2. The first-order chi connectivity index (χ1) is 12.7. The van der Waals surface area contributed by atoms with Gasteiger partial charge in [-0.05, 0) is 37.8 Å². The zero-order valence-electron chi connectivity index (χ0n) is 15.2. The van der Waals surface area contributed by atoms with Crippen LogP contribution in [0.4, 0.5) is 11.8 Å². The third kappa shape index (κ3) is 3.45. The Morgan fingerprint density at radius 2 is 1.62 bits per heavy atom. The van der Waals surface area contributed by atoms with E-state index < -0.39 is 0 Å². The van der Waals surface area contributed by atoms with Crippen LogP contribution in [0, 0.1) is 5.92 Å². The first-order valence-corrected chi connectivity index (χ1v) is 9.78. The third-order valence-electron chi connectivity index (χ3n) is 5.66. The van der Waals surface area contributed by atoms with Crippen LogP contribution in [-0.4, -0.2) is 42.1 Å². The van der Waals surface area contributed by atoms with E-state index >= 15 is 0 Å². The molecule has 2 aliphatic heterocycles. The van der Waals surface area contributed by atoms with Gasteiger partial charge >= 0.3 is 0 Å². The number of hydrogen-bond donors (Lipinski definition) is 1. The Morgan fingerprint density at radius 3 is 2.31 bits per heavy atom. The van der Waals surface area contributed by atoms with E-state index in [2.05, 4.69) is 28.0 Å². The topological polar surface area (TPSA) is 75.4 Å². The van der Waals surface area contributed by atoms with Gasteiger partial charge in [-0.3, -0.25) is 4.79 Å². The van der Waals surface area contributed by atoms with Crippen molar-refractivity contribution >= 4 is 28.6 Å². The molecule has 1 aromatic heterocycles. The molecule has 6 heteroatoms. The molecule has 3 heterocycles. The lowest BCUT2D eigenvalue weighted by Crippen LogP contribution is -2.39. The van der Waals surface area contributed by atoms with E-state index in [1.165, 1.54) is 25.7 Å². The van der Waals surface area contributed by atoms with Crippen LogP contribution in [0.5, 0.6) is 0 Å². The Morgan fingerprint density at radius 1 is 0.923 bits per heavy atom. The fraction of sp³-hybridized carbons (Fsp3) is 0.550. The molecule has 4 rings (SSSR count). The molecule has 0 unspecified atom stereocenters. The lowest BCUT2D eigenvalue weighted by Gasteiger charge is -2.32. The van der Waals surface area contributed by atoms with Crippen LogP contribution in [0.2, 0.25) is 0 Å². The number of aromatic nitrogens is 2. The molecule has 2 N–H and O–H groups in total. The Kier molecular flexibility index (Phi) is 4.91. The number of primary amides is 1. The zero-order valence-corrected chi connectivity index (χ0v) is 15.2. The predicted molar refractivity (Wildman–Crippen MR) is 104 cm³/mol. The molecule has 0 aliphatic carbocycles. The van der Waals surface area contributed by atoms with Gasteiger partial charge in [0.1, 0.15) is 5.82 Å². The predicted octanol–water partition coefficient (Wildman–Crippen LogP) is 2.71. The second kappa shape index (κ2) is 7.48. The molecule has 6 nitrogen and oxygen atoms in total. The van der Waals surface area contributed by atoms with Crippen LogP contribution in [-0.2, 0) is 4.79 Å². The summed E-state index contributed by atoms with van der Waals surface area (Å²) >= 11 is 0. The summed E-state index contributed by atoms with van der Waals surface area (Å²) in [5.74, 6) is 1.64. The van der Waals surface area contributed by atoms with Crippen molar-refractivity contribution < 1.29 is 4.79 Å². The van der Waals surface area contributed by atoms with E-state index in [0.29, 0.717) is 0 Å². The molecule has 0 saturated carbocycles. The number of nitrogens with two attached hydrogens (primary N) is 1. The summed E-state index contributed by atoms with van der Waals surface area (Å²) in [6.07, 6.45) is 6.60. The van der Waals surface area contributed by atoms with Gasteiger partial charge in [-0.15, -0.1) is 0 Å². The van der Waals surface area contributed by atoms with E-state index in [-0.39, 0.29) is 11.8 Å². The van der Waals surface area contributed by atoms with Crippen LogP contribution in [0.15, 0.2) is 24.3 Å². The van der Waals surface area contributed by atoms with Crippen LogP contribution >= 0.6 is 0 Å². The number of piperidine rings is 1. The van der Waals surface area contributed by atoms with Gasteiger partial charge in [0.05, 0.1) is 5.52 Å². The van der Waals surface area contributed by atoms with Crippen molar-refractivity contribution in [2.45, 2.75) is 38.5 Å². The quantitative estimate of drug-likeness (QED) is 0.918. The molecular weight excluding hydrogens is 326 g/mol. The minimum Gasteiger partial charge on any atom is -0.369 e. The molecule has 1 amide bonds. The van der Waals surface area contributed by atoms with Gasteiger partial charge in [0.2, 0.25) is 11.9 Å². The maximum Gasteiger partial charge on any atom is 0.227 e. The lowest BCUT2D eigenvalue weighted by atomic mass is 9.96. The van der Waals surface area contributed by atoms with Crippen molar-refractivity contribution in [3.63, 3.8) is 0 Å². The van der Waals surface area contributed by atoms with Crippen LogP contribution in [0.1, 0.15) is 38.5 Å². The van der Waals surface area contributed by atoms with Crippen molar-refractivity contribution in [3.8, 4) is 0 Å². The average Bonchev–Trinajstić information content (AvgIpc) is 2.96. The first-order valence-electron chi connectivity index (χ1n) is 9.78. The maximum atomic E-state index is 11.4. The molecule has 2 aliphatic rings. The molecule has 1 aromatic carbocycles. The third-order valence-corrected chi connectivity index (χ3v) is 5.66. The van der Waals surface area contributed by atoms with Crippen molar-refractivity contribution in [1.29, 1.82) is 0 Å². The summed E-state index contributed by atoms with van der Waals surface area (Å²) in [5, 5.41) is 1.13. The number of amides is 1. The molecule has 2 saturated heterocycles. The van der Waals surface area contributed by atoms with Crippen molar-refractivity contribution in [1.82, 2.24) is 9.97 Å². The number of benzene rings is 1. The van der Waals surface area contributed by atoms with Gasteiger partial charge in [0.25, 0.3) is 0 Å². The largest absolute Gasteiger partial charge is 0.369 e. The van der Waals surface area contributed by atoms with E-state index in [9.17, 15) is 4.79 Å². The second-order valence-electron chi connectivity index (χ2n) is 7.43. The van der Waals surface area contributed by atoms with Crippen molar-refractivity contribution in [2.24, 2.45) is 11.7 Å². The maximum absolute atomic E-state index is 11.4. The number of carbonyl (C=O) groups excluding carboxylic acids is 1. The fourth-order valence-corrected chi connectivity index (χ4v) is 4.08. The van der Waals surface area contributed by atoms with Crippen molar-refractivity contribution in [3.05, 3.63) is 24.3 Å².